The number of hydrogen-bond donors (Lipinski definition) is 1. The molecule has 1 aromatic rings. The van der Waals surface area contributed by atoms with E-state index in [1.807, 2.05) is 7.05 Å². The summed E-state index contributed by atoms with van der Waals surface area (Å²) in [6, 6.07) is 2.27. The summed E-state index contributed by atoms with van der Waals surface area (Å²) in [4.78, 5) is 12.6. The van der Waals surface area contributed by atoms with Gasteiger partial charge in [0, 0.05) is 12.6 Å². The molecule has 5 nitrogen and oxygen atoms in total. The Balaban J connectivity index is 2.24. The Bertz CT molecular complexity index is 527. The Morgan fingerprint density at radius 2 is 2.25 bits per heavy atom. The molecule has 1 aliphatic heterocycles. The summed E-state index contributed by atoms with van der Waals surface area (Å²) in [5.41, 5.74) is 0.000770. The van der Waals surface area contributed by atoms with E-state index in [9.17, 15) is 14.5 Å². The van der Waals surface area contributed by atoms with Crippen LogP contribution in [-0.4, -0.2) is 36.0 Å². The third-order valence-corrected chi connectivity index (χ3v) is 3.97. The fraction of sp³-hybridized carbons (Fsp3) is 0.538. The minimum atomic E-state index is -0.777. The van der Waals surface area contributed by atoms with Crippen LogP contribution in [-0.2, 0) is 0 Å². The van der Waals surface area contributed by atoms with Gasteiger partial charge in [0.15, 0.2) is 0 Å². The van der Waals surface area contributed by atoms with Gasteiger partial charge in [-0.25, -0.2) is 4.39 Å². The maximum atomic E-state index is 13.4. The van der Waals surface area contributed by atoms with Crippen molar-refractivity contribution in [3.8, 4) is 0 Å². The highest BCUT2D eigenvalue weighted by molar-refractivity contribution is 6.31. The van der Waals surface area contributed by atoms with Crippen molar-refractivity contribution in [1.29, 1.82) is 0 Å². The lowest BCUT2D eigenvalue weighted by Gasteiger charge is -2.35. The van der Waals surface area contributed by atoms with E-state index in [4.69, 9.17) is 11.6 Å². The van der Waals surface area contributed by atoms with E-state index >= 15 is 0 Å². The number of nitrogens with zero attached hydrogens (tertiary/aromatic N) is 2. The van der Waals surface area contributed by atoms with Crippen LogP contribution >= 0.6 is 11.6 Å². The van der Waals surface area contributed by atoms with Gasteiger partial charge in [-0.1, -0.05) is 18.5 Å². The number of nitro benzene ring substituents is 1. The second-order valence-electron chi connectivity index (χ2n) is 5.32. The number of likely N-dealkylation sites (tertiary alicyclic amines) is 1. The van der Waals surface area contributed by atoms with Gasteiger partial charge >= 0.3 is 0 Å². The van der Waals surface area contributed by atoms with Crippen LogP contribution in [0.5, 0.6) is 0 Å². The topological polar surface area (TPSA) is 58.4 Å². The summed E-state index contributed by atoms with van der Waals surface area (Å²) in [5.74, 6) is -0.433. The first kappa shape index (κ1) is 15.0. The van der Waals surface area contributed by atoms with Crippen molar-refractivity contribution in [2.24, 2.45) is 5.92 Å². The Hall–Kier alpha value is -1.40. The van der Waals surface area contributed by atoms with Crippen LogP contribution in [0.1, 0.15) is 13.3 Å². The first-order chi connectivity index (χ1) is 9.38. The molecule has 0 spiro atoms. The van der Waals surface area contributed by atoms with Gasteiger partial charge < -0.3 is 10.2 Å². The van der Waals surface area contributed by atoms with Crippen molar-refractivity contribution in [2.75, 3.05) is 25.5 Å². The smallest absolute Gasteiger partial charge is 0.295 e. The normalized spacial score (nSPS) is 23.6. The molecule has 1 heterocycles. The summed E-state index contributed by atoms with van der Waals surface area (Å²) in [7, 11) is 2.05. The molecule has 2 rings (SSSR count). The number of anilines is 1. The molecule has 2 atom stereocenters. The van der Waals surface area contributed by atoms with Crippen LogP contribution in [0.4, 0.5) is 15.8 Å². The zero-order chi connectivity index (χ0) is 14.9. The molecule has 0 saturated carbocycles. The van der Waals surface area contributed by atoms with Crippen molar-refractivity contribution in [3.63, 3.8) is 0 Å². The fourth-order valence-corrected chi connectivity index (χ4v) is 2.73. The van der Waals surface area contributed by atoms with E-state index in [2.05, 4.69) is 17.1 Å². The fourth-order valence-electron chi connectivity index (χ4n) is 2.57. The average Bonchev–Trinajstić information content (AvgIpc) is 2.36. The second kappa shape index (κ2) is 5.93. The number of hydrogen-bond acceptors (Lipinski definition) is 4. The maximum Gasteiger partial charge on any atom is 0.295 e. The highest BCUT2D eigenvalue weighted by Crippen LogP contribution is 2.32. The van der Waals surface area contributed by atoms with E-state index in [0.717, 1.165) is 25.6 Å². The number of piperidine rings is 1. The molecule has 2 unspecified atom stereocenters. The van der Waals surface area contributed by atoms with E-state index in [1.165, 1.54) is 6.07 Å². The monoisotopic (exact) mass is 301 g/mol. The quantitative estimate of drug-likeness (QED) is 0.688. The van der Waals surface area contributed by atoms with Gasteiger partial charge in [0.25, 0.3) is 5.69 Å². The minimum absolute atomic E-state index is 0.112. The molecular formula is C13H17ClFN3O2. The van der Waals surface area contributed by atoms with E-state index in [-0.39, 0.29) is 22.4 Å². The molecule has 0 bridgehead atoms. The van der Waals surface area contributed by atoms with Crippen LogP contribution < -0.4 is 5.32 Å². The number of rotatable bonds is 3. The van der Waals surface area contributed by atoms with E-state index in [1.54, 1.807) is 0 Å². The van der Waals surface area contributed by atoms with E-state index in [0.29, 0.717) is 5.92 Å². The van der Waals surface area contributed by atoms with Crippen LogP contribution in [0.25, 0.3) is 0 Å². The second-order valence-corrected chi connectivity index (χ2v) is 5.73. The number of halogens is 2. The summed E-state index contributed by atoms with van der Waals surface area (Å²) < 4.78 is 13.4. The largest absolute Gasteiger partial charge is 0.376 e. The Morgan fingerprint density at radius 1 is 1.55 bits per heavy atom. The zero-order valence-corrected chi connectivity index (χ0v) is 12.2. The Labute approximate surface area is 121 Å². The molecular weight excluding hydrogens is 285 g/mol. The predicted molar refractivity (Wildman–Crippen MR) is 76.8 cm³/mol. The average molecular weight is 302 g/mol. The van der Waals surface area contributed by atoms with Gasteiger partial charge in [0.2, 0.25) is 0 Å². The van der Waals surface area contributed by atoms with Crippen molar-refractivity contribution in [1.82, 2.24) is 4.90 Å². The standard InChI is InChI=1S/C13H17ClFN3O2/c1-8-7-17(2)4-3-11(8)16-12-5-9(14)10(15)6-13(12)18(19)20/h5-6,8,11,16H,3-4,7H2,1-2H3. The lowest BCUT2D eigenvalue weighted by atomic mass is 9.94. The van der Waals surface area contributed by atoms with Crippen molar-refractivity contribution in [2.45, 2.75) is 19.4 Å². The first-order valence-corrected chi connectivity index (χ1v) is 6.84. The van der Waals surface area contributed by atoms with Gasteiger partial charge in [0.05, 0.1) is 16.0 Å². The Morgan fingerprint density at radius 3 is 2.85 bits per heavy atom. The third kappa shape index (κ3) is 3.19. The SMILES string of the molecule is CC1CN(C)CCC1Nc1cc(Cl)c(F)cc1[N+](=O)[O-]. The van der Waals surface area contributed by atoms with Gasteiger partial charge in [-0.05, 0) is 32.0 Å². The Kier molecular flexibility index (Phi) is 4.45. The number of nitro groups is 1. The molecule has 1 aromatic carbocycles. The molecule has 0 radical (unpaired) electrons. The summed E-state index contributed by atoms with van der Waals surface area (Å²) in [5, 5.41) is 14.0. The zero-order valence-electron chi connectivity index (χ0n) is 11.4. The van der Waals surface area contributed by atoms with Gasteiger partial charge in [0.1, 0.15) is 11.5 Å². The molecule has 0 aromatic heterocycles. The lowest BCUT2D eigenvalue weighted by molar-refractivity contribution is -0.384. The highest BCUT2D eigenvalue weighted by atomic mass is 35.5. The van der Waals surface area contributed by atoms with Crippen molar-refractivity contribution >= 4 is 23.0 Å². The maximum absolute atomic E-state index is 13.4. The van der Waals surface area contributed by atoms with Crippen LogP contribution in [0.15, 0.2) is 12.1 Å². The van der Waals surface area contributed by atoms with Crippen molar-refractivity contribution in [3.05, 3.63) is 33.1 Å². The van der Waals surface area contributed by atoms with Gasteiger partial charge in [-0.2, -0.15) is 0 Å². The van der Waals surface area contributed by atoms with Gasteiger partial charge in [-0.15, -0.1) is 0 Å². The molecule has 7 heteroatoms. The molecule has 1 N–H and O–H groups in total. The third-order valence-electron chi connectivity index (χ3n) is 3.68. The molecule has 1 aliphatic rings. The number of nitrogens with one attached hydrogen (secondary N) is 1. The van der Waals surface area contributed by atoms with E-state index < -0.39 is 10.7 Å². The summed E-state index contributed by atoms with van der Waals surface area (Å²) >= 11 is 5.72. The molecule has 0 aliphatic carbocycles. The lowest BCUT2D eigenvalue weighted by Crippen LogP contribution is -2.43. The summed E-state index contributed by atoms with van der Waals surface area (Å²) in [6.07, 6.45) is 0.879. The summed E-state index contributed by atoms with van der Waals surface area (Å²) in [6.45, 7) is 3.93. The molecule has 1 saturated heterocycles. The van der Waals surface area contributed by atoms with Crippen LogP contribution in [0.2, 0.25) is 5.02 Å². The van der Waals surface area contributed by atoms with Crippen LogP contribution in [0.3, 0.4) is 0 Å². The minimum Gasteiger partial charge on any atom is -0.376 e. The van der Waals surface area contributed by atoms with Gasteiger partial charge in [-0.3, -0.25) is 10.1 Å². The van der Waals surface area contributed by atoms with Crippen molar-refractivity contribution < 1.29 is 9.31 Å². The first-order valence-electron chi connectivity index (χ1n) is 6.47. The van der Waals surface area contributed by atoms with Crippen LogP contribution in [0, 0.1) is 21.8 Å². The predicted octanol–water partition coefficient (Wildman–Crippen LogP) is 3.14. The molecule has 110 valence electrons. The molecule has 20 heavy (non-hydrogen) atoms. The molecule has 0 amide bonds. The molecule has 1 fully saturated rings. The number of benzene rings is 1. The highest BCUT2D eigenvalue weighted by Gasteiger charge is 2.27.